The molecule has 0 saturated carbocycles. The average Bonchev–Trinajstić information content (AvgIpc) is 2.40. The number of benzene rings is 2. The molecule has 2 aromatic carbocycles. The highest BCUT2D eigenvalue weighted by molar-refractivity contribution is 5.85. The van der Waals surface area contributed by atoms with Gasteiger partial charge in [-0.1, -0.05) is 49.0 Å². The lowest BCUT2D eigenvalue weighted by Crippen LogP contribution is -1.90. The molecule has 0 fully saturated rings. The van der Waals surface area contributed by atoms with Crippen LogP contribution in [0.2, 0.25) is 0 Å². The molecule has 0 aliphatic carbocycles. The van der Waals surface area contributed by atoms with Crippen molar-refractivity contribution in [3.05, 3.63) is 71.8 Å². The lowest BCUT2D eigenvalue weighted by atomic mass is 9.95. The Morgan fingerprint density at radius 1 is 1.06 bits per heavy atom. The molecule has 0 N–H and O–H groups in total. The Morgan fingerprint density at radius 2 is 1.67 bits per heavy atom. The van der Waals surface area contributed by atoms with Crippen LogP contribution in [0.25, 0.3) is 5.57 Å². The predicted molar refractivity (Wildman–Crippen MR) is 73.5 cm³/mol. The van der Waals surface area contributed by atoms with Crippen LogP contribution in [0.15, 0.2) is 60.1 Å². The molecule has 0 amide bonds. The van der Waals surface area contributed by atoms with Crippen molar-refractivity contribution in [1.29, 1.82) is 0 Å². The molecule has 0 radical (unpaired) electrons. The molecule has 88 valence electrons. The van der Waals surface area contributed by atoms with Gasteiger partial charge in [0.1, 0.15) is 0 Å². The fraction of sp³-hybridized carbons (Fsp3) is 0.0625. The van der Waals surface area contributed by atoms with Crippen LogP contribution in [0.5, 0.6) is 0 Å². The first-order valence-electron chi connectivity index (χ1n) is 5.66. The highest BCUT2D eigenvalue weighted by Crippen LogP contribution is 2.30. The molecule has 0 aliphatic rings. The van der Waals surface area contributed by atoms with Crippen LogP contribution in [0, 0.1) is 6.92 Å². The second-order valence-electron chi connectivity index (χ2n) is 4.01. The van der Waals surface area contributed by atoms with E-state index in [2.05, 4.69) is 11.6 Å². The van der Waals surface area contributed by atoms with Crippen molar-refractivity contribution >= 4 is 17.3 Å². The molecular weight excluding hydrogens is 222 g/mol. The number of aliphatic imine (C=N–C) groups is 1. The van der Waals surface area contributed by atoms with Gasteiger partial charge in [-0.25, -0.2) is 4.79 Å². The minimum absolute atomic E-state index is 0.598. The van der Waals surface area contributed by atoms with Gasteiger partial charge in [0, 0.05) is 5.56 Å². The summed E-state index contributed by atoms with van der Waals surface area (Å²) in [7, 11) is 0. The summed E-state index contributed by atoms with van der Waals surface area (Å²) in [6.45, 7) is 6.14. The third-order valence-electron chi connectivity index (χ3n) is 2.87. The van der Waals surface area contributed by atoms with Gasteiger partial charge in [-0.15, -0.1) is 0 Å². The van der Waals surface area contributed by atoms with Gasteiger partial charge >= 0.3 is 0 Å². The molecule has 2 rings (SSSR count). The van der Waals surface area contributed by atoms with Crippen molar-refractivity contribution in [1.82, 2.24) is 0 Å². The number of hydrogen-bond acceptors (Lipinski definition) is 2. The van der Waals surface area contributed by atoms with Crippen molar-refractivity contribution in [2.75, 3.05) is 0 Å². The van der Waals surface area contributed by atoms with Crippen LogP contribution in [-0.4, -0.2) is 6.08 Å². The van der Waals surface area contributed by atoms with Gasteiger partial charge < -0.3 is 0 Å². The summed E-state index contributed by atoms with van der Waals surface area (Å²) < 4.78 is 0. The smallest absolute Gasteiger partial charge is 0.211 e. The largest absolute Gasteiger partial charge is 0.240 e. The molecule has 0 aliphatic heterocycles. The number of aryl methyl sites for hydroxylation is 1. The molecular formula is C16H13NO. The summed E-state index contributed by atoms with van der Waals surface area (Å²) in [5.74, 6) is 0. The second kappa shape index (κ2) is 5.26. The first kappa shape index (κ1) is 12.0. The third-order valence-corrected chi connectivity index (χ3v) is 2.87. The maximum atomic E-state index is 10.4. The zero-order chi connectivity index (χ0) is 13.0. The van der Waals surface area contributed by atoms with E-state index in [0.717, 1.165) is 22.3 Å². The summed E-state index contributed by atoms with van der Waals surface area (Å²) in [6, 6.07) is 15.4. The highest BCUT2D eigenvalue weighted by Gasteiger charge is 2.08. The maximum Gasteiger partial charge on any atom is 0.240 e. The van der Waals surface area contributed by atoms with Crippen LogP contribution in [-0.2, 0) is 4.79 Å². The minimum atomic E-state index is 0.598. The molecule has 0 bridgehead atoms. The topological polar surface area (TPSA) is 29.4 Å². The number of carbonyl (C=O) groups excluding carboxylic acids is 1. The summed E-state index contributed by atoms with van der Waals surface area (Å²) in [5, 5.41) is 0. The SMILES string of the molecule is C=C(c1ccccc1C)c1ccccc1N=C=O. The van der Waals surface area contributed by atoms with Crippen LogP contribution < -0.4 is 0 Å². The minimum Gasteiger partial charge on any atom is -0.211 e. The molecule has 0 aromatic heterocycles. The molecule has 18 heavy (non-hydrogen) atoms. The standard InChI is InChI=1S/C16H13NO/c1-12-7-3-4-8-14(12)13(2)15-9-5-6-10-16(15)17-11-18/h3-10H,2H2,1H3. The zero-order valence-electron chi connectivity index (χ0n) is 10.2. The van der Waals surface area contributed by atoms with Crippen molar-refractivity contribution in [2.45, 2.75) is 6.92 Å². The van der Waals surface area contributed by atoms with Crippen LogP contribution >= 0.6 is 0 Å². The van der Waals surface area contributed by atoms with Gasteiger partial charge in [-0.3, -0.25) is 0 Å². The van der Waals surface area contributed by atoms with Crippen molar-refractivity contribution in [2.24, 2.45) is 4.99 Å². The van der Waals surface area contributed by atoms with E-state index in [1.165, 1.54) is 0 Å². The van der Waals surface area contributed by atoms with Gasteiger partial charge in [0.2, 0.25) is 6.08 Å². The van der Waals surface area contributed by atoms with E-state index in [4.69, 9.17) is 0 Å². The van der Waals surface area contributed by atoms with Gasteiger partial charge in [0.15, 0.2) is 0 Å². The van der Waals surface area contributed by atoms with Gasteiger partial charge in [-0.05, 0) is 29.7 Å². The number of isocyanates is 1. The molecule has 0 heterocycles. The summed E-state index contributed by atoms with van der Waals surface area (Å²) in [5.41, 5.74) is 4.53. The number of nitrogens with zero attached hydrogens (tertiary/aromatic N) is 1. The maximum absolute atomic E-state index is 10.4. The Kier molecular flexibility index (Phi) is 3.52. The summed E-state index contributed by atoms with van der Waals surface area (Å²) in [4.78, 5) is 14.1. The highest BCUT2D eigenvalue weighted by atomic mass is 16.1. The van der Waals surface area contributed by atoms with Crippen LogP contribution in [0.1, 0.15) is 16.7 Å². The Labute approximate surface area is 106 Å². The molecule has 0 unspecified atom stereocenters. The first-order chi connectivity index (χ1) is 8.74. The third kappa shape index (κ3) is 2.29. The predicted octanol–water partition coefficient (Wildman–Crippen LogP) is 4.02. The van der Waals surface area contributed by atoms with Gasteiger partial charge in [-0.2, -0.15) is 4.99 Å². The lowest BCUT2D eigenvalue weighted by Gasteiger charge is -2.11. The van der Waals surface area contributed by atoms with Gasteiger partial charge in [0.25, 0.3) is 0 Å². The second-order valence-corrected chi connectivity index (χ2v) is 4.01. The summed E-state index contributed by atoms with van der Waals surface area (Å²) >= 11 is 0. The monoisotopic (exact) mass is 235 g/mol. The number of hydrogen-bond donors (Lipinski definition) is 0. The molecule has 0 spiro atoms. The quantitative estimate of drug-likeness (QED) is 0.583. The molecule has 0 atom stereocenters. The Hall–Kier alpha value is -2.44. The van der Waals surface area contributed by atoms with E-state index >= 15 is 0 Å². The Bertz CT molecular complexity index is 637. The summed E-state index contributed by atoms with van der Waals surface area (Å²) in [6.07, 6.45) is 1.58. The fourth-order valence-corrected chi connectivity index (χ4v) is 1.93. The molecule has 2 nitrogen and oxygen atoms in total. The van der Waals surface area contributed by atoms with E-state index in [-0.39, 0.29) is 0 Å². The van der Waals surface area contributed by atoms with Crippen LogP contribution in [0.3, 0.4) is 0 Å². The van der Waals surface area contributed by atoms with E-state index in [1.54, 1.807) is 12.1 Å². The van der Waals surface area contributed by atoms with Gasteiger partial charge in [0.05, 0.1) is 5.69 Å². The number of rotatable bonds is 3. The lowest BCUT2D eigenvalue weighted by molar-refractivity contribution is 0.565. The van der Waals surface area contributed by atoms with E-state index < -0.39 is 0 Å². The molecule has 2 heteroatoms. The fourth-order valence-electron chi connectivity index (χ4n) is 1.93. The van der Waals surface area contributed by atoms with Crippen molar-refractivity contribution in [3.8, 4) is 0 Å². The van der Waals surface area contributed by atoms with E-state index in [9.17, 15) is 4.79 Å². The average molecular weight is 235 g/mol. The van der Waals surface area contributed by atoms with Crippen LogP contribution in [0.4, 0.5) is 5.69 Å². The zero-order valence-corrected chi connectivity index (χ0v) is 10.2. The Morgan fingerprint density at radius 3 is 2.33 bits per heavy atom. The molecule has 0 saturated heterocycles. The molecule has 2 aromatic rings. The first-order valence-corrected chi connectivity index (χ1v) is 5.66. The van der Waals surface area contributed by atoms with E-state index in [1.807, 2.05) is 49.4 Å². The normalized spacial score (nSPS) is 9.61. The van der Waals surface area contributed by atoms with E-state index in [0.29, 0.717) is 5.69 Å². The van der Waals surface area contributed by atoms with Crippen molar-refractivity contribution in [3.63, 3.8) is 0 Å². The van der Waals surface area contributed by atoms with Crippen molar-refractivity contribution < 1.29 is 4.79 Å². The number of para-hydroxylation sites is 1. The Balaban J connectivity index is 2.53.